The average molecular weight is 344 g/mol. The van der Waals surface area contributed by atoms with Crippen molar-refractivity contribution in [2.75, 3.05) is 25.4 Å². The Morgan fingerprint density at radius 1 is 1.29 bits per heavy atom. The van der Waals surface area contributed by atoms with E-state index >= 15 is 0 Å². The van der Waals surface area contributed by atoms with Crippen molar-refractivity contribution < 1.29 is 4.74 Å². The van der Waals surface area contributed by atoms with Crippen molar-refractivity contribution in [1.29, 1.82) is 0 Å². The molecule has 24 heavy (non-hydrogen) atoms. The first-order valence-corrected chi connectivity index (χ1v) is 9.55. The molecule has 0 radical (unpaired) electrons. The summed E-state index contributed by atoms with van der Waals surface area (Å²) in [7, 11) is 0. The quantitative estimate of drug-likeness (QED) is 0.927. The molecule has 0 aliphatic carbocycles. The smallest absolute Gasteiger partial charge is 0.219 e. The van der Waals surface area contributed by atoms with Crippen LogP contribution in [0, 0.1) is 0 Å². The Balaban J connectivity index is 1.46. The van der Waals surface area contributed by atoms with Crippen LogP contribution in [-0.4, -0.2) is 34.6 Å². The summed E-state index contributed by atoms with van der Waals surface area (Å²) >= 11 is 1.99. The van der Waals surface area contributed by atoms with Gasteiger partial charge in [0.2, 0.25) is 5.95 Å². The molecule has 0 aromatic carbocycles. The molecular formula is C18H24N4OS. The molecule has 2 aliphatic heterocycles. The predicted octanol–water partition coefficient (Wildman–Crippen LogP) is 2.75. The average Bonchev–Trinajstić information content (AvgIpc) is 3.04. The van der Waals surface area contributed by atoms with Gasteiger partial charge in [-0.05, 0) is 30.9 Å². The Kier molecular flexibility index (Phi) is 4.28. The van der Waals surface area contributed by atoms with Crippen molar-refractivity contribution in [3.63, 3.8) is 0 Å². The van der Waals surface area contributed by atoms with E-state index in [2.05, 4.69) is 27.9 Å². The Hall–Kier alpha value is -1.50. The van der Waals surface area contributed by atoms with E-state index in [1.54, 1.807) is 4.88 Å². The second-order valence-corrected chi connectivity index (χ2v) is 7.94. The van der Waals surface area contributed by atoms with Gasteiger partial charge in [0, 0.05) is 53.8 Å². The highest BCUT2D eigenvalue weighted by atomic mass is 32.1. The fraction of sp³-hybridized carbons (Fsp3) is 0.556. The number of anilines is 1. The number of nitrogens with zero attached hydrogens (tertiary/aromatic N) is 3. The molecule has 2 aromatic heterocycles. The second kappa shape index (κ2) is 6.43. The standard InChI is InChI=1S/C18H24N4OS/c1-2-14-9-15-16(24-14)3-8-23-18(15)4-6-22(7-5-18)12-13-10-20-17(19)21-11-13/h9-11H,2-8,12H2,1H3,(H2,19,20,21). The lowest BCUT2D eigenvalue weighted by atomic mass is 9.82. The van der Waals surface area contributed by atoms with Gasteiger partial charge in [-0.3, -0.25) is 4.90 Å². The molecule has 2 aromatic rings. The first-order chi connectivity index (χ1) is 11.7. The Morgan fingerprint density at radius 2 is 2.04 bits per heavy atom. The number of hydrogen-bond donors (Lipinski definition) is 1. The van der Waals surface area contributed by atoms with Gasteiger partial charge in [0.25, 0.3) is 0 Å². The van der Waals surface area contributed by atoms with E-state index in [4.69, 9.17) is 10.5 Å². The summed E-state index contributed by atoms with van der Waals surface area (Å²) in [6.45, 7) is 6.07. The molecule has 5 nitrogen and oxygen atoms in total. The third-order valence-electron chi connectivity index (χ3n) is 5.20. The number of fused-ring (bicyclic) bond motifs is 2. The first-order valence-electron chi connectivity index (χ1n) is 8.73. The van der Waals surface area contributed by atoms with Crippen molar-refractivity contribution in [3.05, 3.63) is 39.3 Å². The van der Waals surface area contributed by atoms with Gasteiger partial charge in [0.1, 0.15) is 0 Å². The van der Waals surface area contributed by atoms with E-state index in [-0.39, 0.29) is 5.60 Å². The van der Waals surface area contributed by atoms with Gasteiger partial charge in [-0.1, -0.05) is 6.92 Å². The molecule has 0 amide bonds. The van der Waals surface area contributed by atoms with Crippen LogP contribution in [0.5, 0.6) is 0 Å². The summed E-state index contributed by atoms with van der Waals surface area (Å²) in [5.41, 5.74) is 8.11. The fourth-order valence-electron chi connectivity index (χ4n) is 3.84. The molecule has 2 aliphatic rings. The molecule has 0 bridgehead atoms. The zero-order valence-corrected chi connectivity index (χ0v) is 14.9. The van der Waals surface area contributed by atoms with E-state index in [9.17, 15) is 0 Å². The van der Waals surface area contributed by atoms with Crippen LogP contribution in [0.1, 0.15) is 40.6 Å². The monoisotopic (exact) mass is 344 g/mol. The van der Waals surface area contributed by atoms with E-state index in [0.29, 0.717) is 5.95 Å². The SMILES string of the molecule is CCc1cc2c(s1)CCOC21CCN(Cc2cnc(N)nc2)CC1. The minimum atomic E-state index is -0.0500. The van der Waals surface area contributed by atoms with Crippen LogP contribution in [0.25, 0.3) is 0 Å². The summed E-state index contributed by atoms with van der Waals surface area (Å²) in [5, 5.41) is 0. The molecular weight excluding hydrogens is 320 g/mol. The molecule has 1 saturated heterocycles. The van der Waals surface area contributed by atoms with Crippen molar-refractivity contribution in [2.45, 2.75) is 44.8 Å². The molecule has 1 spiro atoms. The fourth-order valence-corrected chi connectivity index (χ4v) is 5.02. The Morgan fingerprint density at radius 3 is 2.75 bits per heavy atom. The normalized spacial score (nSPS) is 20.2. The van der Waals surface area contributed by atoms with Crippen LogP contribution in [0.15, 0.2) is 18.5 Å². The van der Waals surface area contributed by atoms with E-state index in [1.165, 1.54) is 10.4 Å². The highest BCUT2D eigenvalue weighted by molar-refractivity contribution is 7.12. The Labute approximate surface area is 146 Å². The molecule has 2 N–H and O–H groups in total. The molecule has 4 rings (SSSR count). The maximum Gasteiger partial charge on any atom is 0.219 e. The third-order valence-corrected chi connectivity index (χ3v) is 6.54. The van der Waals surface area contributed by atoms with E-state index < -0.39 is 0 Å². The zero-order valence-electron chi connectivity index (χ0n) is 14.1. The highest BCUT2D eigenvalue weighted by Gasteiger charge is 2.41. The van der Waals surface area contributed by atoms with Gasteiger partial charge in [0.05, 0.1) is 12.2 Å². The van der Waals surface area contributed by atoms with Crippen LogP contribution in [0.4, 0.5) is 5.95 Å². The van der Waals surface area contributed by atoms with Crippen LogP contribution < -0.4 is 5.73 Å². The molecule has 0 saturated carbocycles. The van der Waals surface area contributed by atoms with Crippen LogP contribution in [0.3, 0.4) is 0 Å². The zero-order chi connectivity index (χ0) is 16.6. The minimum absolute atomic E-state index is 0.0500. The molecule has 1 fully saturated rings. The second-order valence-electron chi connectivity index (χ2n) is 6.72. The maximum atomic E-state index is 6.34. The number of thiophene rings is 1. The number of ether oxygens (including phenoxy) is 1. The lowest BCUT2D eigenvalue weighted by molar-refractivity contribution is -0.0981. The highest BCUT2D eigenvalue weighted by Crippen LogP contribution is 2.44. The van der Waals surface area contributed by atoms with Gasteiger partial charge >= 0.3 is 0 Å². The van der Waals surface area contributed by atoms with Gasteiger partial charge in [-0.25, -0.2) is 9.97 Å². The van der Waals surface area contributed by atoms with Crippen molar-refractivity contribution in [3.8, 4) is 0 Å². The molecule has 6 heteroatoms. The number of aromatic nitrogens is 2. The molecule has 4 heterocycles. The number of nitrogens with two attached hydrogens (primary N) is 1. The minimum Gasteiger partial charge on any atom is -0.370 e. The van der Waals surface area contributed by atoms with Gasteiger partial charge in [0.15, 0.2) is 0 Å². The lowest BCUT2D eigenvalue weighted by Gasteiger charge is -2.44. The number of nitrogen functional groups attached to an aromatic ring is 1. The topological polar surface area (TPSA) is 64.3 Å². The Bertz CT molecular complexity index is 704. The lowest BCUT2D eigenvalue weighted by Crippen LogP contribution is -2.45. The summed E-state index contributed by atoms with van der Waals surface area (Å²) in [6, 6.07) is 2.41. The van der Waals surface area contributed by atoms with Crippen molar-refractivity contribution in [2.24, 2.45) is 0 Å². The summed E-state index contributed by atoms with van der Waals surface area (Å²) in [4.78, 5) is 13.7. The third kappa shape index (κ3) is 2.94. The predicted molar refractivity (Wildman–Crippen MR) is 96.0 cm³/mol. The number of rotatable bonds is 3. The first kappa shape index (κ1) is 16.0. The molecule has 0 unspecified atom stereocenters. The number of aryl methyl sites for hydroxylation is 1. The number of piperidine rings is 1. The van der Waals surface area contributed by atoms with E-state index in [0.717, 1.165) is 57.5 Å². The number of likely N-dealkylation sites (tertiary alicyclic amines) is 1. The van der Waals surface area contributed by atoms with Crippen LogP contribution in [0.2, 0.25) is 0 Å². The van der Waals surface area contributed by atoms with Crippen LogP contribution in [-0.2, 0) is 29.7 Å². The largest absolute Gasteiger partial charge is 0.370 e. The van der Waals surface area contributed by atoms with Crippen molar-refractivity contribution >= 4 is 17.3 Å². The summed E-state index contributed by atoms with van der Waals surface area (Å²) in [6.07, 6.45) is 7.99. The number of hydrogen-bond acceptors (Lipinski definition) is 6. The van der Waals surface area contributed by atoms with Crippen LogP contribution >= 0.6 is 11.3 Å². The van der Waals surface area contributed by atoms with Gasteiger partial charge < -0.3 is 10.5 Å². The summed E-state index contributed by atoms with van der Waals surface area (Å²) in [5.74, 6) is 0.337. The molecule has 0 atom stereocenters. The van der Waals surface area contributed by atoms with Gasteiger partial charge in [-0.15, -0.1) is 11.3 Å². The molecule has 128 valence electrons. The summed E-state index contributed by atoms with van der Waals surface area (Å²) < 4.78 is 6.34. The van der Waals surface area contributed by atoms with Gasteiger partial charge in [-0.2, -0.15) is 0 Å². The van der Waals surface area contributed by atoms with Crippen molar-refractivity contribution in [1.82, 2.24) is 14.9 Å². The maximum absolute atomic E-state index is 6.34. The van der Waals surface area contributed by atoms with E-state index in [1.807, 2.05) is 23.7 Å².